The number of anilines is 1. The zero-order valence-electron chi connectivity index (χ0n) is 18.6. The van der Waals surface area contributed by atoms with Crippen LogP contribution in [-0.4, -0.2) is 47.8 Å². The Bertz CT molecular complexity index is 913. The van der Waals surface area contributed by atoms with Crippen LogP contribution in [0.25, 0.3) is 6.08 Å². The molecular weight excluding hydrogens is 404 g/mol. The molecule has 1 aromatic carbocycles. The summed E-state index contributed by atoms with van der Waals surface area (Å²) >= 11 is 0. The number of hydrogen-bond acceptors (Lipinski definition) is 6. The van der Waals surface area contributed by atoms with Gasteiger partial charge in [-0.1, -0.05) is 30.3 Å². The monoisotopic (exact) mass is 436 g/mol. The zero-order chi connectivity index (χ0) is 22.2. The topological polar surface area (TPSA) is 75.7 Å². The maximum Gasteiger partial charge on any atom is 0.267 e. The number of carbonyl (C=O) groups excluding carboxylic acids is 1. The van der Waals surface area contributed by atoms with Crippen molar-refractivity contribution < 1.29 is 14.4 Å². The summed E-state index contributed by atoms with van der Waals surface area (Å²) in [5.41, 5.74) is 5.70. The number of amides is 1. The lowest BCUT2D eigenvalue weighted by Crippen LogP contribution is -2.32. The first-order chi connectivity index (χ1) is 15.7. The Kier molecular flexibility index (Phi) is 7.87. The molecule has 2 fully saturated rings. The second-order valence-corrected chi connectivity index (χ2v) is 8.50. The summed E-state index contributed by atoms with van der Waals surface area (Å²) in [4.78, 5) is 24.3. The van der Waals surface area contributed by atoms with Crippen molar-refractivity contribution in [2.24, 2.45) is 0 Å². The highest BCUT2D eigenvalue weighted by atomic mass is 16.8. The van der Waals surface area contributed by atoms with Gasteiger partial charge in [-0.2, -0.15) is 0 Å². The van der Waals surface area contributed by atoms with Crippen LogP contribution in [0, 0.1) is 6.92 Å². The van der Waals surface area contributed by atoms with Crippen LogP contribution >= 0.6 is 0 Å². The van der Waals surface area contributed by atoms with Gasteiger partial charge in [-0.05, 0) is 55.0 Å². The minimum Gasteiger partial charge on any atom is -0.366 e. The minimum atomic E-state index is -0.352. The molecule has 0 saturated carbocycles. The van der Waals surface area contributed by atoms with E-state index in [2.05, 4.69) is 51.0 Å². The number of likely N-dealkylation sites (tertiary alicyclic amines) is 1. The average Bonchev–Trinajstić information content (AvgIpc) is 3.26. The maximum atomic E-state index is 12.0. The molecule has 1 aromatic heterocycles. The number of nitrogens with one attached hydrogen (secondary N) is 2. The van der Waals surface area contributed by atoms with Crippen molar-refractivity contribution in [2.75, 3.05) is 25.0 Å². The second-order valence-electron chi connectivity index (χ2n) is 8.50. The lowest BCUT2D eigenvalue weighted by atomic mass is 10.1. The third kappa shape index (κ3) is 6.63. The van der Waals surface area contributed by atoms with E-state index in [0.29, 0.717) is 12.6 Å². The highest BCUT2D eigenvalue weighted by molar-refractivity contribution is 5.90. The van der Waals surface area contributed by atoms with Gasteiger partial charge in [0.1, 0.15) is 5.82 Å². The number of ether oxygens (including phenoxy) is 1. The molecule has 0 aliphatic carbocycles. The van der Waals surface area contributed by atoms with Crippen LogP contribution in [0.5, 0.6) is 0 Å². The van der Waals surface area contributed by atoms with Gasteiger partial charge < -0.3 is 10.1 Å². The summed E-state index contributed by atoms with van der Waals surface area (Å²) in [5.74, 6) is 0.583. The third-order valence-corrected chi connectivity index (χ3v) is 5.82. The van der Waals surface area contributed by atoms with Crippen molar-refractivity contribution in [1.82, 2.24) is 15.4 Å². The van der Waals surface area contributed by atoms with E-state index in [1.807, 2.05) is 13.0 Å². The lowest BCUT2D eigenvalue weighted by Gasteiger charge is -2.21. The molecule has 32 heavy (non-hydrogen) atoms. The quantitative estimate of drug-likeness (QED) is 0.486. The fourth-order valence-electron chi connectivity index (χ4n) is 4.10. The Balaban J connectivity index is 1.24. The van der Waals surface area contributed by atoms with E-state index in [9.17, 15) is 4.79 Å². The summed E-state index contributed by atoms with van der Waals surface area (Å²) in [6.07, 6.45) is 8.60. The number of rotatable bonds is 8. The van der Waals surface area contributed by atoms with Crippen molar-refractivity contribution in [3.8, 4) is 0 Å². The molecule has 7 nitrogen and oxygen atoms in total. The molecule has 2 aromatic rings. The molecule has 1 amide bonds. The van der Waals surface area contributed by atoms with Crippen LogP contribution < -0.4 is 10.8 Å². The normalized spacial score (nSPS) is 21.7. The molecule has 0 spiro atoms. The first-order valence-corrected chi connectivity index (χ1v) is 11.4. The van der Waals surface area contributed by atoms with Crippen LogP contribution in [0.1, 0.15) is 42.4 Å². The SMILES string of the molecule is Cc1cc(C=CC(=O)NOC2CCCCO2)cnc1N[C@@H]1CCN(Cc2ccccc2)C1. The number of aromatic nitrogens is 1. The summed E-state index contributed by atoms with van der Waals surface area (Å²) in [7, 11) is 0. The molecule has 7 heteroatoms. The molecule has 3 heterocycles. The summed E-state index contributed by atoms with van der Waals surface area (Å²) in [6.45, 7) is 5.77. The molecule has 2 aliphatic rings. The van der Waals surface area contributed by atoms with Crippen molar-refractivity contribution in [3.63, 3.8) is 0 Å². The number of benzene rings is 1. The summed E-state index contributed by atoms with van der Waals surface area (Å²) in [6, 6.07) is 13.0. The molecule has 2 N–H and O–H groups in total. The van der Waals surface area contributed by atoms with Crippen LogP contribution in [0.3, 0.4) is 0 Å². The van der Waals surface area contributed by atoms with Gasteiger partial charge in [0.15, 0.2) is 6.29 Å². The summed E-state index contributed by atoms with van der Waals surface area (Å²) in [5, 5.41) is 3.58. The van der Waals surface area contributed by atoms with Gasteiger partial charge in [0.25, 0.3) is 5.91 Å². The molecule has 170 valence electrons. The Hall–Kier alpha value is -2.74. The fraction of sp³-hybridized carbons (Fsp3) is 0.440. The van der Waals surface area contributed by atoms with Gasteiger partial charge in [0, 0.05) is 51.0 Å². The minimum absolute atomic E-state index is 0.316. The van der Waals surface area contributed by atoms with E-state index >= 15 is 0 Å². The predicted octanol–water partition coefficient (Wildman–Crippen LogP) is 3.66. The average molecular weight is 437 g/mol. The first-order valence-electron chi connectivity index (χ1n) is 11.4. The van der Waals surface area contributed by atoms with E-state index < -0.39 is 0 Å². The smallest absolute Gasteiger partial charge is 0.267 e. The standard InChI is InChI=1S/C25H32N4O3/c1-19-15-21(10-11-23(30)28-32-24-9-5-6-14-31-24)16-26-25(19)27-22-12-13-29(18-22)17-20-7-3-2-4-8-20/h2-4,7-8,10-11,15-16,22,24H,5-6,9,12-14,17-18H2,1H3,(H,26,27)(H,28,30)/t22-,24?/m1/s1. The Morgan fingerprint density at radius 1 is 1.28 bits per heavy atom. The third-order valence-electron chi connectivity index (χ3n) is 5.82. The van der Waals surface area contributed by atoms with Crippen molar-refractivity contribution in [2.45, 2.75) is 51.5 Å². The molecule has 2 aliphatic heterocycles. The number of hydroxylamine groups is 1. The molecule has 0 radical (unpaired) electrons. The van der Waals surface area contributed by atoms with Crippen molar-refractivity contribution in [1.29, 1.82) is 0 Å². The van der Waals surface area contributed by atoms with Gasteiger partial charge in [0.2, 0.25) is 0 Å². The van der Waals surface area contributed by atoms with E-state index in [4.69, 9.17) is 9.57 Å². The van der Waals surface area contributed by atoms with Crippen molar-refractivity contribution in [3.05, 3.63) is 65.4 Å². The van der Waals surface area contributed by atoms with Crippen LogP contribution in [-0.2, 0) is 20.9 Å². The number of aryl methyl sites for hydroxylation is 1. The van der Waals surface area contributed by atoms with Crippen LogP contribution in [0.15, 0.2) is 48.7 Å². The molecule has 1 unspecified atom stereocenters. The fourth-order valence-corrected chi connectivity index (χ4v) is 4.10. The molecule has 0 bridgehead atoms. The van der Waals surface area contributed by atoms with Gasteiger partial charge in [0.05, 0.1) is 0 Å². The van der Waals surface area contributed by atoms with Crippen LogP contribution in [0.2, 0.25) is 0 Å². The highest BCUT2D eigenvalue weighted by Crippen LogP contribution is 2.20. The maximum absolute atomic E-state index is 12.0. The predicted molar refractivity (Wildman–Crippen MR) is 125 cm³/mol. The Morgan fingerprint density at radius 3 is 2.94 bits per heavy atom. The lowest BCUT2D eigenvalue weighted by molar-refractivity contribution is -0.198. The van der Waals surface area contributed by atoms with Crippen LogP contribution in [0.4, 0.5) is 5.82 Å². The molecule has 4 rings (SSSR count). The largest absolute Gasteiger partial charge is 0.366 e. The van der Waals surface area contributed by atoms with E-state index in [1.165, 1.54) is 11.6 Å². The number of nitrogens with zero attached hydrogens (tertiary/aromatic N) is 2. The van der Waals surface area contributed by atoms with E-state index in [0.717, 1.165) is 62.3 Å². The second kappa shape index (κ2) is 11.2. The number of hydrogen-bond donors (Lipinski definition) is 2. The number of carbonyl (C=O) groups is 1. The van der Waals surface area contributed by atoms with Gasteiger partial charge in [-0.3, -0.25) is 9.69 Å². The Morgan fingerprint density at radius 2 is 2.16 bits per heavy atom. The zero-order valence-corrected chi connectivity index (χ0v) is 18.6. The van der Waals surface area contributed by atoms with Gasteiger partial charge in [-0.15, -0.1) is 0 Å². The molecule has 2 saturated heterocycles. The Labute approximate surface area is 189 Å². The molecular formula is C25H32N4O3. The summed E-state index contributed by atoms with van der Waals surface area (Å²) < 4.78 is 5.43. The van der Waals surface area contributed by atoms with Crippen molar-refractivity contribution >= 4 is 17.8 Å². The van der Waals surface area contributed by atoms with Gasteiger partial charge >= 0.3 is 0 Å². The van der Waals surface area contributed by atoms with Gasteiger partial charge in [-0.25, -0.2) is 15.3 Å². The van der Waals surface area contributed by atoms with E-state index in [-0.39, 0.29) is 12.2 Å². The molecule has 2 atom stereocenters. The van der Waals surface area contributed by atoms with E-state index in [1.54, 1.807) is 12.3 Å². The highest BCUT2D eigenvalue weighted by Gasteiger charge is 2.23. The first kappa shape index (κ1) is 22.5. The number of pyridine rings is 1.